The van der Waals surface area contributed by atoms with E-state index in [2.05, 4.69) is 20.9 Å². The molecule has 2 aromatic rings. The molecule has 0 saturated carbocycles. The molecule has 0 aliphatic rings. The van der Waals surface area contributed by atoms with Gasteiger partial charge in [-0.15, -0.1) is 0 Å². The Morgan fingerprint density at radius 2 is 2.38 bits per heavy atom. The molecule has 0 amide bonds. The molecule has 0 bridgehead atoms. The van der Waals surface area contributed by atoms with Crippen LogP contribution in [0.25, 0.3) is 11.0 Å². The number of pyridine rings is 1. The molecule has 0 unspecified atom stereocenters. The largest absolute Gasteiger partial charge is 0.349 e. The minimum Gasteiger partial charge on any atom is -0.349 e. The van der Waals surface area contributed by atoms with Gasteiger partial charge in [0, 0.05) is 17.7 Å². The lowest BCUT2D eigenvalue weighted by atomic mass is 10.3. The van der Waals surface area contributed by atoms with Crippen molar-refractivity contribution in [2.24, 2.45) is 7.05 Å². The van der Waals surface area contributed by atoms with Gasteiger partial charge in [-0.1, -0.05) is 0 Å². The normalized spacial score (nSPS) is 10.6. The summed E-state index contributed by atoms with van der Waals surface area (Å²) in [7, 11) is 1.94. The zero-order valence-corrected chi connectivity index (χ0v) is 8.58. The summed E-state index contributed by atoms with van der Waals surface area (Å²) in [5, 5.41) is 0. The fourth-order valence-corrected chi connectivity index (χ4v) is 1.66. The van der Waals surface area contributed by atoms with Crippen molar-refractivity contribution in [3.05, 3.63) is 28.5 Å². The molecule has 0 aliphatic heterocycles. The zero-order valence-electron chi connectivity index (χ0n) is 6.99. The van der Waals surface area contributed by atoms with Crippen molar-refractivity contribution in [3.63, 3.8) is 0 Å². The minimum atomic E-state index is 0.443. The van der Waals surface area contributed by atoms with Gasteiger partial charge in [0.05, 0.1) is 11.0 Å². The number of aryl methyl sites for hydroxylation is 1. The maximum atomic E-state index is 10.6. The van der Waals surface area contributed by atoms with E-state index in [9.17, 15) is 4.79 Å². The summed E-state index contributed by atoms with van der Waals surface area (Å²) in [5.74, 6) is 0. The van der Waals surface area contributed by atoms with Crippen LogP contribution in [0.5, 0.6) is 0 Å². The first kappa shape index (κ1) is 8.44. The quantitative estimate of drug-likeness (QED) is 0.714. The SMILES string of the molecule is Cn1ccc2nc(C=O)c(Br)cc21. The predicted octanol–water partition coefficient (Wildman–Crippen LogP) is 2.15. The second-order valence-electron chi connectivity index (χ2n) is 2.80. The Morgan fingerprint density at radius 1 is 1.62 bits per heavy atom. The molecule has 0 atom stereocenters. The molecule has 0 aromatic carbocycles. The van der Waals surface area contributed by atoms with Gasteiger partial charge in [0.2, 0.25) is 0 Å². The standard InChI is InChI=1S/C9H7BrN2O/c1-12-3-2-7-9(12)4-6(10)8(5-13)11-7/h2-5H,1H3. The molecule has 2 aromatic heterocycles. The van der Waals surface area contributed by atoms with Crippen LogP contribution in [-0.4, -0.2) is 15.8 Å². The Hall–Kier alpha value is -1.16. The molecule has 0 saturated heterocycles. The highest BCUT2D eigenvalue weighted by atomic mass is 79.9. The smallest absolute Gasteiger partial charge is 0.169 e. The van der Waals surface area contributed by atoms with Crippen LogP contribution >= 0.6 is 15.9 Å². The van der Waals surface area contributed by atoms with E-state index in [1.54, 1.807) is 0 Å². The highest BCUT2D eigenvalue weighted by Gasteiger charge is 2.05. The third-order valence-electron chi connectivity index (χ3n) is 1.96. The fraction of sp³-hybridized carbons (Fsp3) is 0.111. The van der Waals surface area contributed by atoms with Crippen LogP contribution in [0.3, 0.4) is 0 Å². The van der Waals surface area contributed by atoms with Gasteiger partial charge in [0.25, 0.3) is 0 Å². The second kappa shape index (κ2) is 2.96. The molecule has 0 spiro atoms. The topological polar surface area (TPSA) is 34.9 Å². The second-order valence-corrected chi connectivity index (χ2v) is 3.66. The number of rotatable bonds is 1. The number of carbonyl (C=O) groups excluding carboxylic acids is 1. The van der Waals surface area contributed by atoms with E-state index in [0.717, 1.165) is 21.8 Å². The monoisotopic (exact) mass is 238 g/mol. The number of nitrogens with zero attached hydrogens (tertiary/aromatic N) is 2. The average Bonchev–Trinajstić information content (AvgIpc) is 2.47. The summed E-state index contributed by atoms with van der Waals surface area (Å²) in [6.07, 6.45) is 2.66. The average molecular weight is 239 g/mol. The lowest BCUT2D eigenvalue weighted by Gasteiger charge is -1.98. The third kappa shape index (κ3) is 1.27. The van der Waals surface area contributed by atoms with Gasteiger partial charge in [-0.25, -0.2) is 4.98 Å². The van der Waals surface area contributed by atoms with Crippen molar-refractivity contribution >= 4 is 33.2 Å². The lowest BCUT2D eigenvalue weighted by molar-refractivity contribution is 0.111. The highest BCUT2D eigenvalue weighted by Crippen LogP contribution is 2.20. The summed E-state index contributed by atoms with van der Waals surface area (Å²) in [5.41, 5.74) is 2.30. The number of aldehydes is 1. The van der Waals surface area contributed by atoms with E-state index < -0.39 is 0 Å². The Bertz CT molecular complexity index is 476. The van der Waals surface area contributed by atoms with Crippen LogP contribution in [0.1, 0.15) is 10.5 Å². The molecule has 4 heteroatoms. The third-order valence-corrected chi connectivity index (χ3v) is 2.59. The van der Waals surface area contributed by atoms with Crippen molar-refractivity contribution in [2.45, 2.75) is 0 Å². The molecule has 2 heterocycles. The van der Waals surface area contributed by atoms with Crippen LogP contribution in [0, 0.1) is 0 Å². The Labute approximate surface area is 83.5 Å². The Kier molecular flexibility index (Phi) is 1.92. The van der Waals surface area contributed by atoms with Crippen molar-refractivity contribution in [1.82, 2.24) is 9.55 Å². The van der Waals surface area contributed by atoms with Crippen molar-refractivity contribution in [3.8, 4) is 0 Å². The van der Waals surface area contributed by atoms with Crippen molar-refractivity contribution < 1.29 is 4.79 Å². The molecule has 3 nitrogen and oxygen atoms in total. The molecule has 0 N–H and O–H groups in total. The molecule has 0 aliphatic carbocycles. The van der Waals surface area contributed by atoms with Crippen molar-refractivity contribution in [2.75, 3.05) is 0 Å². The molecule has 0 radical (unpaired) electrons. The Balaban J connectivity index is 2.83. The number of aromatic nitrogens is 2. The van der Waals surface area contributed by atoms with Crippen molar-refractivity contribution in [1.29, 1.82) is 0 Å². The number of hydrogen-bond donors (Lipinski definition) is 0. The van der Waals surface area contributed by atoms with Crippen LogP contribution in [0.4, 0.5) is 0 Å². The first-order valence-electron chi connectivity index (χ1n) is 3.79. The van der Waals surface area contributed by atoms with Gasteiger partial charge in [-0.2, -0.15) is 0 Å². The molecule has 66 valence electrons. The molecular formula is C9H7BrN2O. The van der Waals surface area contributed by atoms with E-state index in [1.807, 2.05) is 29.9 Å². The summed E-state index contributed by atoms with van der Waals surface area (Å²) < 4.78 is 2.69. The number of hydrogen-bond acceptors (Lipinski definition) is 2. The van der Waals surface area contributed by atoms with E-state index >= 15 is 0 Å². The van der Waals surface area contributed by atoms with Gasteiger partial charge in [0.15, 0.2) is 6.29 Å². The van der Waals surface area contributed by atoms with Gasteiger partial charge in [0.1, 0.15) is 5.69 Å². The van der Waals surface area contributed by atoms with Crippen LogP contribution < -0.4 is 0 Å². The summed E-state index contributed by atoms with van der Waals surface area (Å²) >= 11 is 3.29. The van der Waals surface area contributed by atoms with Crippen LogP contribution in [0.15, 0.2) is 22.8 Å². The Morgan fingerprint density at radius 3 is 3.08 bits per heavy atom. The maximum absolute atomic E-state index is 10.6. The summed E-state index contributed by atoms with van der Waals surface area (Å²) in [4.78, 5) is 14.8. The fourth-order valence-electron chi connectivity index (χ4n) is 1.26. The first-order chi connectivity index (χ1) is 6.22. The summed E-state index contributed by atoms with van der Waals surface area (Å²) in [6.45, 7) is 0. The van der Waals surface area contributed by atoms with E-state index in [0.29, 0.717) is 5.69 Å². The van der Waals surface area contributed by atoms with Gasteiger partial charge >= 0.3 is 0 Å². The molecular weight excluding hydrogens is 232 g/mol. The summed E-state index contributed by atoms with van der Waals surface area (Å²) in [6, 6.07) is 3.78. The minimum absolute atomic E-state index is 0.443. The van der Waals surface area contributed by atoms with E-state index in [4.69, 9.17) is 0 Å². The van der Waals surface area contributed by atoms with Crippen LogP contribution in [-0.2, 0) is 7.05 Å². The van der Waals surface area contributed by atoms with Gasteiger partial charge in [-0.05, 0) is 28.1 Å². The first-order valence-corrected chi connectivity index (χ1v) is 4.58. The molecule has 2 rings (SSSR count). The van der Waals surface area contributed by atoms with Crippen LogP contribution in [0.2, 0.25) is 0 Å². The van der Waals surface area contributed by atoms with E-state index in [1.165, 1.54) is 0 Å². The highest BCUT2D eigenvalue weighted by molar-refractivity contribution is 9.10. The molecule has 13 heavy (non-hydrogen) atoms. The van der Waals surface area contributed by atoms with Gasteiger partial charge < -0.3 is 4.57 Å². The predicted molar refractivity (Wildman–Crippen MR) is 53.8 cm³/mol. The lowest BCUT2D eigenvalue weighted by Crippen LogP contribution is -1.91. The number of fused-ring (bicyclic) bond motifs is 1. The number of halogens is 1. The van der Waals surface area contributed by atoms with E-state index in [-0.39, 0.29) is 0 Å². The number of carbonyl (C=O) groups is 1. The molecule has 0 fully saturated rings. The zero-order chi connectivity index (χ0) is 9.42. The van der Waals surface area contributed by atoms with Gasteiger partial charge in [-0.3, -0.25) is 4.79 Å². The maximum Gasteiger partial charge on any atom is 0.169 e.